The molecule has 0 aliphatic heterocycles. The zero-order chi connectivity index (χ0) is 9.97. The van der Waals surface area contributed by atoms with E-state index in [1.807, 2.05) is 13.0 Å². The molecule has 2 aromatic rings. The summed E-state index contributed by atoms with van der Waals surface area (Å²) in [5, 5.41) is 8.43. The predicted molar refractivity (Wildman–Crippen MR) is 55.2 cm³/mol. The molecule has 14 heavy (non-hydrogen) atoms. The Morgan fingerprint density at radius 3 is 2.79 bits per heavy atom. The standard InChI is InChI=1S/C7H7N5S2/c1-4-9-7(14-12-4)13-6-3-2-5(8)10-11-6/h2-3H,1H3,(H2,8,10). The van der Waals surface area contributed by atoms with E-state index in [9.17, 15) is 0 Å². The zero-order valence-electron chi connectivity index (χ0n) is 7.34. The highest BCUT2D eigenvalue weighted by Crippen LogP contribution is 2.26. The third kappa shape index (κ3) is 2.18. The lowest BCUT2D eigenvalue weighted by molar-refractivity contribution is 0.937. The number of hydrogen-bond donors (Lipinski definition) is 1. The molecule has 2 aromatic heterocycles. The van der Waals surface area contributed by atoms with Gasteiger partial charge in [0.15, 0.2) is 4.34 Å². The quantitative estimate of drug-likeness (QED) is 0.831. The number of anilines is 1. The molecule has 0 amide bonds. The van der Waals surface area contributed by atoms with E-state index >= 15 is 0 Å². The third-order valence-corrected chi connectivity index (χ3v) is 3.13. The minimum absolute atomic E-state index is 0.419. The molecule has 0 radical (unpaired) electrons. The summed E-state index contributed by atoms with van der Waals surface area (Å²) in [5.74, 6) is 1.20. The predicted octanol–water partition coefficient (Wildman–Crippen LogP) is 1.37. The summed E-state index contributed by atoms with van der Waals surface area (Å²) in [6.45, 7) is 1.86. The summed E-state index contributed by atoms with van der Waals surface area (Å²) in [4.78, 5) is 4.20. The highest BCUT2D eigenvalue weighted by Gasteiger charge is 2.04. The maximum Gasteiger partial charge on any atom is 0.176 e. The SMILES string of the molecule is Cc1nsc(Sc2ccc(N)nn2)n1. The normalized spacial score (nSPS) is 10.4. The van der Waals surface area contributed by atoms with Crippen molar-refractivity contribution in [2.24, 2.45) is 0 Å². The second-order valence-corrected chi connectivity index (χ2v) is 4.53. The van der Waals surface area contributed by atoms with Crippen LogP contribution in [0.4, 0.5) is 5.82 Å². The molecule has 0 fully saturated rings. The summed E-state index contributed by atoms with van der Waals surface area (Å²) in [7, 11) is 0. The van der Waals surface area contributed by atoms with E-state index in [0.29, 0.717) is 5.82 Å². The van der Waals surface area contributed by atoms with Crippen LogP contribution in [0.2, 0.25) is 0 Å². The minimum Gasteiger partial charge on any atom is -0.382 e. The lowest BCUT2D eigenvalue weighted by atomic mass is 10.5. The molecule has 2 rings (SSSR count). The van der Waals surface area contributed by atoms with Gasteiger partial charge >= 0.3 is 0 Å². The molecule has 0 aromatic carbocycles. The molecule has 0 saturated carbocycles. The molecule has 72 valence electrons. The monoisotopic (exact) mass is 225 g/mol. The van der Waals surface area contributed by atoms with Gasteiger partial charge in [-0.3, -0.25) is 0 Å². The van der Waals surface area contributed by atoms with Gasteiger partial charge < -0.3 is 5.73 Å². The third-order valence-electron chi connectivity index (χ3n) is 1.36. The van der Waals surface area contributed by atoms with E-state index in [-0.39, 0.29) is 0 Å². The summed E-state index contributed by atoms with van der Waals surface area (Å²) in [6, 6.07) is 3.52. The molecule has 0 aliphatic rings. The average molecular weight is 225 g/mol. The number of aryl methyl sites for hydroxylation is 1. The number of nitrogen functional groups attached to an aromatic ring is 1. The van der Waals surface area contributed by atoms with Gasteiger partial charge in [-0.2, -0.15) is 4.37 Å². The van der Waals surface area contributed by atoms with Crippen molar-refractivity contribution in [3.8, 4) is 0 Å². The Bertz CT molecular complexity index is 424. The van der Waals surface area contributed by atoms with Crippen LogP contribution in [0.25, 0.3) is 0 Å². The summed E-state index contributed by atoms with van der Waals surface area (Å²) >= 11 is 2.78. The molecular weight excluding hydrogens is 218 g/mol. The highest BCUT2D eigenvalue weighted by molar-refractivity contribution is 8.00. The second-order valence-electron chi connectivity index (χ2n) is 2.51. The molecular formula is C7H7N5S2. The fourth-order valence-electron chi connectivity index (χ4n) is 0.794. The first kappa shape index (κ1) is 9.35. The van der Waals surface area contributed by atoms with Crippen molar-refractivity contribution < 1.29 is 0 Å². The Labute approximate surface area is 88.9 Å². The van der Waals surface area contributed by atoms with Crippen LogP contribution in [0, 0.1) is 6.92 Å². The second kappa shape index (κ2) is 3.89. The molecule has 0 saturated heterocycles. The Morgan fingerprint density at radius 1 is 1.36 bits per heavy atom. The van der Waals surface area contributed by atoms with Crippen molar-refractivity contribution in [2.75, 3.05) is 5.73 Å². The van der Waals surface area contributed by atoms with E-state index in [1.165, 1.54) is 23.3 Å². The van der Waals surface area contributed by atoms with E-state index in [1.54, 1.807) is 6.07 Å². The van der Waals surface area contributed by atoms with Gasteiger partial charge in [-0.1, -0.05) is 0 Å². The largest absolute Gasteiger partial charge is 0.382 e. The van der Waals surface area contributed by atoms with Gasteiger partial charge in [0.2, 0.25) is 0 Å². The molecule has 2 N–H and O–H groups in total. The molecule has 0 atom stereocenters. The van der Waals surface area contributed by atoms with Gasteiger partial charge in [-0.15, -0.1) is 10.2 Å². The van der Waals surface area contributed by atoms with Gasteiger partial charge in [-0.05, 0) is 42.4 Å². The van der Waals surface area contributed by atoms with Crippen LogP contribution in [-0.2, 0) is 0 Å². The topological polar surface area (TPSA) is 77.6 Å². The molecule has 0 aliphatic carbocycles. The smallest absolute Gasteiger partial charge is 0.176 e. The Morgan fingerprint density at radius 2 is 2.21 bits per heavy atom. The van der Waals surface area contributed by atoms with Crippen molar-refractivity contribution >= 4 is 29.1 Å². The maximum absolute atomic E-state index is 5.42. The fourth-order valence-corrected chi connectivity index (χ4v) is 2.31. The van der Waals surface area contributed by atoms with Gasteiger partial charge in [0.05, 0.1) is 0 Å². The maximum atomic E-state index is 5.42. The molecule has 0 unspecified atom stereocenters. The van der Waals surface area contributed by atoms with Crippen molar-refractivity contribution in [1.29, 1.82) is 0 Å². The van der Waals surface area contributed by atoms with Gasteiger partial charge in [0.25, 0.3) is 0 Å². The number of hydrogen-bond acceptors (Lipinski definition) is 7. The zero-order valence-corrected chi connectivity index (χ0v) is 8.97. The summed E-state index contributed by atoms with van der Waals surface area (Å²) in [6.07, 6.45) is 0. The van der Waals surface area contributed by atoms with E-state index in [4.69, 9.17) is 5.73 Å². The number of nitrogens with zero attached hydrogens (tertiary/aromatic N) is 4. The first-order valence-corrected chi connectivity index (χ1v) is 5.40. The summed E-state index contributed by atoms with van der Waals surface area (Å²) < 4.78 is 4.93. The molecule has 5 nitrogen and oxygen atoms in total. The minimum atomic E-state index is 0.419. The molecule has 7 heteroatoms. The Hall–Kier alpha value is -1.21. The Kier molecular flexibility index (Phi) is 2.60. The first-order valence-electron chi connectivity index (χ1n) is 3.81. The summed E-state index contributed by atoms with van der Waals surface area (Å²) in [5.41, 5.74) is 5.42. The van der Waals surface area contributed by atoms with Crippen LogP contribution in [0.5, 0.6) is 0 Å². The van der Waals surface area contributed by atoms with Crippen molar-refractivity contribution in [3.63, 3.8) is 0 Å². The molecule has 0 spiro atoms. The van der Waals surface area contributed by atoms with E-state index < -0.39 is 0 Å². The fraction of sp³-hybridized carbons (Fsp3) is 0.143. The number of rotatable bonds is 2. The Balaban J connectivity index is 2.15. The van der Waals surface area contributed by atoms with Crippen molar-refractivity contribution in [1.82, 2.24) is 19.6 Å². The number of nitrogens with two attached hydrogens (primary N) is 1. The van der Waals surface area contributed by atoms with Crippen LogP contribution >= 0.6 is 23.3 Å². The van der Waals surface area contributed by atoms with E-state index in [0.717, 1.165) is 15.2 Å². The van der Waals surface area contributed by atoms with Crippen LogP contribution in [0.1, 0.15) is 5.82 Å². The van der Waals surface area contributed by atoms with E-state index in [2.05, 4.69) is 19.6 Å². The van der Waals surface area contributed by atoms with Gasteiger partial charge in [0.1, 0.15) is 16.7 Å². The van der Waals surface area contributed by atoms with Crippen LogP contribution in [0.15, 0.2) is 21.5 Å². The van der Waals surface area contributed by atoms with Gasteiger partial charge in [0, 0.05) is 0 Å². The first-order chi connectivity index (χ1) is 6.74. The number of aromatic nitrogens is 4. The molecule has 2 heterocycles. The van der Waals surface area contributed by atoms with Gasteiger partial charge in [-0.25, -0.2) is 4.98 Å². The van der Waals surface area contributed by atoms with Crippen LogP contribution in [0.3, 0.4) is 0 Å². The van der Waals surface area contributed by atoms with Crippen LogP contribution < -0.4 is 5.73 Å². The lowest BCUT2D eigenvalue weighted by Crippen LogP contribution is -1.92. The lowest BCUT2D eigenvalue weighted by Gasteiger charge is -1.94. The molecule has 0 bridgehead atoms. The average Bonchev–Trinajstić information content (AvgIpc) is 2.56. The van der Waals surface area contributed by atoms with Crippen LogP contribution in [-0.4, -0.2) is 19.6 Å². The van der Waals surface area contributed by atoms with Crippen molar-refractivity contribution in [2.45, 2.75) is 16.3 Å². The highest BCUT2D eigenvalue weighted by atomic mass is 32.2. The van der Waals surface area contributed by atoms with Crippen molar-refractivity contribution in [3.05, 3.63) is 18.0 Å².